The fourth-order valence-electron chi connectivity index (χ4n) is 4.62. The molecule has 7 nitrogen and oxygen atoms in total. The number of carbonyl (C=O) groups excluding carboxylic acids is 2. The van der Waals surface area contributed by atoms with Crippen LogP contribution in [-0.2, 0) is 25.8 Å². The van der Waals surface area contributed by atoms with Crippen molar-refractivity contribution >= 4 is 43.3 Å². The fourth-order valence-corrected chi connectivity index (χ4v) is 6.79. The molecule has 1 N–H and O–H groups in total. The van der Waals surface area contributed by atoms with Gasteiger partial charge in [-0.2, -0.15) is 0 Å². The molecule has 9 heteroatoms. The Hall–Kier alpha value is -1.45. The number of amides is 2. The van der Waals surface area contributed by atoms with Crippen molar-refractivity contribution in [2.24, 2.45) is 5.92 Å². The van der Waals surface area contributed by atoms with Gasteiger partial charge in [0.05, 0.1) is 16.3 Å². The Balaban J connectivity index is 1.37. The van der Waals surface area contributed by atoms with Crippen molar-refractivity contribution in [1.29, 1.82) is 0 Å². The van der Waals surface area contributed by atoms with Gasteiger partial charge in [0.25, 0.3) is 0 Å². The molecule has 1 saturated heterocycles. The van der Waals surface area contributed by atoms with E-state index >= 15 is 0 Å². The summed E-state index contributed by atoms with van der Waals surface area (Å²) in [6.07, 6.45) is 7.24. The topological polar surface area (TPSA) is 86.8 Å². The third kappa shape index (κ3) is 5.72. The Morgan fingerprint density at radius 2 is 1.78 bits per heavy atom. The molecule has 1 aliphatic carbocycles. The second-order valence-electron chi connectivity index (χ2n) is 9.10. The maximum atomic E-state index is 13.2. The third-order valence-corrected chi connectivity index (χ3v) is 8.75. The van der Waals surface area contributed by atoms with E-state index in [9.17, 15) is 18.0 Å². The molecule has 0 spiro atoms. The molecule has 1 saturated carbocycles. The highest BCUT2D eigenvalue weighted by Crippen LogP contribution is 2.41. The number of halogens is 1. The predicted molar refractivity (Wildman–Crippen MR) is 128 cm³/mol. The molecule has 2 heterocycles. The normalized spacial score (nSPS) is 19.5. The Morgan fingerprint density at radius 3 is 2.47 bits per heavy atom. The van der Waals surface area contributed by atoms with E-state index in [1.165, 1.54) is 25.7 Å². The average Bonchev–Trinajstić information content (AvgIpc) is 3.56. The molecule has 0 bridgehead atoms. The Kier molecular flexibility index (Phi) is 7.57. The van der Waals surface area contributed by atoms with Crippen molar-refractivity contribution in [2.75, 3.05) is 43.4 Å². The lowest BCUT2D eigenvalue weighted by molar-refractivity contribution is -0.121. The molecule has 1 aromatic rings. The molecular formula is C23H32BrN3O4S. The molecule has 0 unspecified atom stereocenters. The first-order valence-corrected chi connectivity index (χ1v) is 14.2. The maximum Gasteiger partial charge on any atom is 0.230 e. The first-order chi connectivity index (χ1) is 15.3. The third-order valence-electron chi connectivity index (χ3n) is 6.57. The minimum Gasteiger partial charge on any atom is -0.355 e. The van der Waals surface area contributed by atoms with E-state index in [4.69, 9.17) is 0 Å². The van der Waals surface area contributed by atoms with Gasteiger partial charge in [-0.25, -0.2) is 8.42 Å². The van der Waals surface area contributed by atoms with E-state index in [0.717, 1.165) is 38.0 Å². The molecule has 3 aliphatic rings. The lowest BCUT2D eigenvalue weighted by Gasteiger charge is -2.21. The second kappa shape index (κ2) is 10.2. The molecular weight excluding hydrogens is 494 g/mol. The van der Waals surface area contributed by atoms with Gasteiger partial charge in [-0.05, 0) is 62.9 Å². The van der Waals surface area contributed by atoms with Crippen LogP contribution in [0.1, 0.15) is 50.5 Å². The van der Waals surface area contributed by atoms with Gasteiger partial charge in [-0.1, -0.05) is 28.8 Å². The van der Waals surface area contributed by atoms with Crippen molar-refractivity contribution in [2.45, 2.75) is 56.3 Å². The SMILES string of the molecule is O=C(CCS(=O)(=O)c1cc(Br)cc2c1N(C(=O)C1CC1)CC2)NCCN1CCCCCC1. The van der Waals surface area contributed by atoms with Crippen molar-refractivity contribution in [3.63, 3.8) is 0 Å². The number of anilines is 1. The van der Waals surface area contributed by atoms with Gasteiger partial charge in [-0.15, -0.1) is 0 Å². The van der Waals surface area contributed by atoms with Crippen LogP contribution in [0.3, 0.4) is 0 Å². The zero-order chi connectivity index (χ0) is 22.7. The summed E-state index contributed by atoms with van der Waals surface area (Å²) in [6.45, 7) is 3.98. The number of hydrogen-bond acceptors (Lipinski definition) is 5. The van der Waals surface area contributed by atoms with Gasteiger partial charge in [0.15, 0.2) is 9.84 Å². The number of carbonyl (C=O) groups is 2. The van der Waals surface area contributed by atoms with Crippen LogP contribution in [0.2, 0.25) is 0 Å². The summed E-state index contributed by atoms with van der Waals surface area (Å²) >= 11 is 3.41. The minimum absolute atomic E-state index is 0.0220. The van der Waals surface area contributed by atoms with Crippen molar-refractivity contribution < 1.29 is 18.0 Å². The number of nitrogens with one attached hydrogen (secondary N) is 1. The highest BCUT2D eigenvalue weighted by atomic mass is 79.9. The predicted octanol–water partition coefficient (Wildman–Crippen LogP) is 2.90. The van der Waals surface area contributed by atoms with Crippen LogP contribution in [0, 0.1) is 5.92 Å². The van der Waals surface area contributed by atoms with Gasteiger partial charge in [-0.3, -0.25) is 9.59 Å². The molecule has 32 heavy (non-hydrogen) atoms. The highest BCUT2D eigenvalue weighted by Gasteiger charge is 2.39. The van der Waals surface area contributed by atoms with Crippen LogP contribution >= 0.6 is 15.9 Å². The Labute approximate surface area is 199 Å². The zero-order valence-electron chi connectivity index (χ0n) is 18.4. The summed E-state index contributed by atoms with van der Waals surface area (Å²) in [7, 11) is -3.72. The second-order valence-corrected chi connectivity index (χ2v) is 12.1. The van der Waals surface area contributed by atoms with Crippen LogP contribution in [0.4, 0.5) is 5.69 Å². The number of sulfone groups is 1. The summed E-state index contributed by atoms with van der Waals surface area (Å²) < 4.78 is 27.1. The Bertz CT molecular complexity index is 970. The molecule has 2 amide bonds. The van der Waals surface area contributed by atoms with Gasteiger partial charge in [0.2, 0.25) is 11.8 Å². The summed E-state index contributed by atoms with van der Waals surface area (Å²) in [6, 6.07) is 3.47. The molecule has 0 radical (unpaired) electrons. The lowest BCUT2D eigenvalue weighted by atomic mass is 10.2. The minimum atomic E-state index is -3.72. The summed E-state index contributed by atoms with van der Waals surface area (Å²) in [5, 5.41) is 2.87. The molecule has 176 valence electrons. The van der Waals surface area contributed by atoms with E-state index in [1.807, 2.05) is 6.07 Å². The molecule has 1 aromatic carbocycles. The standard InChI is InChI=1S/C23H32BrN3O4S/c24-19-15-18-7-12-27(23(29)17-5-6-17)22(18)20(16-19)32(30,31)14-8-21(28)25-9-13-26-10-3-1-2-4-11-26/h15-17H,1-14H2,(H,25,28). The van der Waals surface area contributed by atoms with Crippen LogP contribution in [0.25, 0.3) is 0 Å². The smallest absolute Gasteiger partial charge is 0.230 e. The van der Waals surface area contributed by atoms with E-state index in [2.05, 4.69) is 26.1 Å². The van der Waals surface area contributed by atoms with Crippen LogP contribution in [0.15, 0.2) is 21.5 Å². The number of fused-ring (bicyclic) bond motifs is 1. The molecule has 0 atom stereocenters. The molecule has 2 fully saturated rings. The lowest BCUT2D eigenvalue weighted by Crippen LogP contribution is -2.36. The summed E-state index contributed by atoms with van der Waals surface area (Å²) in [5.74, 6) is -0.471. The summed E-state index contributed by atoms with van der Waals surface area (Å²) in [5.41, 5.74) is 1.39. The number of benzene rings is 1. The van der Waals surface area contributed by atoms with E-state index in [1.54, 1.807) is 11.0 Å². The van der Waals surface area contributed by atoms with E-state index in [0.29, 0.717) is 29.7 Å². The van der Waals surface area contributed by atoms with Crippen molar-refractivity contribution in [3.05, 3.63) is 22.2 Å². The quantitative estimate of drug-likeness (QED) is 0.563. The highest BCUT2D eigenvalue weighted by molar-refractivity contribution is 9.10. The number of hydrogen-bond donors (Lipinski definition) is 1. The maximum absolute atomic E-state index is 13.2. The first kappa shape index (κ1) is 23.7. The van der Waals surface area contributed by atoms with Crippen LogP contribution in [0.5, 0.6) is 0 Å². The fraction of sp³-hybridized carbons (Fsp3) is 0.652. The molecule has 2 aliphatic heterocycles. The van der Waals surface area contributed by atoms with Crippen molar-refractivity contribution in [3.8, 4) is 0 Å². The van der Waals surface area contributed by atoms with Gasteiger partial charge in [0.1, 0.15) is 0 Å². The monoisotopic (exact) mass is 525 g/mol. The average molecular weight is 526 g/mol. The number of nitrogens with zero attached hydrogens (tertiary/aromatic N) is 2. The molecule has 4 rings (SSSR count). The zero-order valence-corrected chi connectivity index (χ0v) is 20.8. The van der Waals surface area contributed by atoms with Gasteiger partial charge < -0.3 is 15.1 Å². The molecule has 0 aromatic heterocycles. The Morgan fingerprint density at radius 1 is 1.06 bits per heavy atom. The number of rotatable bonds is 8. The number of likely N-dealkylation sites (tertiary alicyclic amines) is 1. The first-order valence-electron chi connectivity index (χ1n) is 11.7. The van der Waals surface area contributed by atoms with Gasteiger partial charge in [0, 0.05) is 36.4 Å². The van der Waals surface area contributed by atoms with E-state index in [-0.39, 0.29) is 34.8 Å². The van der Waals surface area contributed by atoms with E-state index < -0.39 is 9.84 Å². The largest absolute Gasteiger partial charge is 0.355 e. The van der Waals surface area contributed by atoms with Crippen molar-refractivity contribution in [1.82, 2.24) is 10.2 Å². The van der Waals surface area contributed by atoms with Crippen LogP contribution in [-0.4, -0.2) is 63.6 Å². The van der Waals surface area contributed by atoms with Gasteiger partial charge >= 0.3 is 0 Å². The van der Waals surface area contributed by atoms with Crippen LogP contribution < -0.4 is 10.2 Å². The summed E-state index contributed by atoms with van der Waals surface area (Å²) in [4.78, 5) is 29.2.